The van der Waals surface area contributed by atoms with Gasteiger partial charge in [0.1, 0.15) is 11.6 Å². The van der Waals surface area contributed by atoms with Gasteiger partial charge in [0.2, 0.25) is 12.2 Å². The molecular formula is C22H16FN3O3S. The maximum atomic E-state index is 14.1. The molecular weight excluding hydrogens is 405 g/mol. The van der Waals surface area contributed by atoms with Crippen molar-refractivity contribution in [2.75, 3.05) is 0 Å². The summed E-state index contributed by atoms with van der Waals surface area (Å²) in [6.07, 6.45) is 2.80. The molecule has 0 saturated heterocycles. The first-order chi connectivity index (χ1) is 14.8. The van der Waals surface area contributed by atoms with Crippen LogP contribution in [0.3, 0.4) is 0 Å². The average molecular weight is 421 g/mol. The third kappa shape index (κ3) is 3.92. The summed E-state index contributed by atoms with van der Waals surface area (Å²) in [6, 6.07) is 16.2. The van der Waals surface area contributed by atoms with Crippen molar-refractivity contribution in [2.45, 2.75) is 23.9 Å². The molecule has 0 bridgehead atoms. The van der Waals surface area contributed by atoms with E-state index in [-0.39, 0.29) is 12.4 Å². The summed E-state index contributed by atoms with van der Waals surface area (Å²) in [6.45, 7) is 0.274. The summed E-state index contributed by atoms with van der Waals surface area (Å²) in [4.78, 5) is 4.05. The molecule has 0 spiro atoms. The SMILES string of the molecule is Fc1cc2c(c(CSc3nnc(-c4cccnc4)o3)c1)OC(c1ccccc1)OC2. The van der Waals surface area contributed by atoms with Crippen LogP contribution in [0, 0.1) is 5.82 Å². The van der Waals surface area contributed by atoms with E-state index in [2.05, 4.69) is 15.2 Å². The van der Waals surface area contributed by atoms with Gasteiger partial charge in [-0.05, 0) is 24.3 Å². The molecule has 1 unspecified atom stereocenters. The number of hydrogen-bond donors (Lipinski definition) is 0. The lowest BCUT2D eigenvalue weighted by molar-refractivity contribution is -0.112. The molecule has 150 valence electrons. The van der Waals surface area contributed by atoms with Crippen LogP contribution in [0.4, 0.5) is 4.39 Å². The summed E-state index contributed by atoms with van der Waals surface area (Å²) < 4.78 is 31.7. The Balaban J connectivity index is 1.36. The zero-order valence-corrected chi connectivity index (χ0v) is 16.5. The maximum absolute atomic E-state index is 14.1. The number of aromatic nitrogens is 3. The third-order valence-electron chi connectivity index (χ3n) is 4.56. The van der Waals surface area contributed by atoms with Crippen molar-refractivity contribution in [1.29, 1.82) is 0 Å². The first-order valence-corrected chi connectivity index (χ1v) is 10.3. The molecule has 3 heterocycles. The lowest BCUT2D eigenvalue weighted by Gasteiger charge is -2.28. The number of rotatable bonds is 5. The molecule has 8 heteroatoms. The average Bonchev–Trinajstić information content (AvgIpc) is 3.27. The zero-order chi connectivity index (χ0) is 20.3. The first kappa shape index (κ1) is 18.8. The predicted octanol–water partition coefficient (Wildman–Crippen LogP) is 5.17. The highest BCUT2D eigenvalue weighted by Crippen LogP contribution is 2.39. The van der Waals surface area contributed by atoms with Crippen molar-refractivity contribution in [2.24, 2.45) is 0 Å². The summed E-state index contributed by atoms with van der Waals surface area (Å²) in [5.41, 5.74) is 3.04. The van der Waals surface area contributed by atoms with Crippen molar-refractivity contribution in [3.8, 4) is 17.2 Å². The lowest BCUT2D eigenvalue weighted by Crippen LogP contribution is -2.19. The highest BCUT2D eigenvalue weighted by molar-refractivity contribution is 7.98. The molecule has 0 aliphatic carbocycles. The van der Waals surface area contributed by atoms with E-state index < -0.39 is 6.29 Å². The maximum Gasteiger partial charge on any atom is 0.277 e. The minimum Gasteiger partial charge on any atom is -0.460 e. The van der Waals surface area contributed by atoms with Crippen LogP contribution < -0.4 is 4.74 Å². The van der Waals surface area contributed by atoms with E-state index in [1.807, 2.05) is 36.4 Å². The number of pyridine rings is 1. The van der Waals surface area contributed by atoms with Gasteiger partial charge in [-0.15, -0.1) is 10.2 Å². The molecule has 2 aromatic heterocycles. The Morgan fingerprint density at radius 2 is 1.97 bits per heavy atom. The second-order valence-corrected chi connectivity index (χ2v) is 7.55. The second kappa shape index (κ2) is 8.25. The predicted molar refractivity (Wildman–Crippen MR) is 108 cm³/mol. The number of fused-ring (bicyclic) bond motifs is 1. The van der Waals surface area contributed by atoms with Gasteiger partial charge in [-0.1, -0.05) is 42.1 Å². The zero-order valence-electron chi connectivity index (χ0n) is 15.7. The van der Waals surface area contributed by atoms with E-state index in [9.17, 15) is 4.39 Å². The highest BCUT2D eigenvalue weighted by atomic mass is 32.2. The van der Waals surface area contributed by atoms with Crippen LogP contribution in [0.2, 0.25) is 0 Å². The lowest BCUT2D eigenvalue weighted by atomic mass is 10.1. The van der Waals surface area contributed by atoms with Crippen LogP contribution in [0.25, 0.3) is 11.5 Å². The number of thioether (sulfide) groups is 1. The number of ether oxygens (including phenoxy) is 2. The van der Waals surface area contributed by atoms with Gasteiger partial charge in [-0.2, -0.15) is 0 Å². The molecule has 0 fully saturated rings. The van der Waals surface area contributed by atoms with E-state index in [1.165, 1.54) is 23.9 Å². The quantitative estimate of drug-likeness (QED) is 0.412. The molecule has 4 aromatic rings. The van der Waals surface area contributed by atoms with Crippen molar-refractivity contribution in [3.63, 3.8) is 0 Å². The standard InChI is InChI=1S/C22H16FN3O3S/c23-18-9-16-12-27-21(14-5-2-1-3-6-14)28-19(16)17(10-18)13-30-22-26-25-20(29-22)15-7-4-8-24-11-15/h1-11,21H,12-13H2. The van der Waals surface area contributed by atoms with E-state index >= 15 is 0 Å². The van der Waals surface area contributed by atoms with Crippen molar-refractivity contribution >= 4 is 11.8 Å². The Morgan fingerprint density at radius 1 is 1.07 bits per heavy atom. The van der Waals surface area contributed by atoms with Crippen LogP contribution in [-0.2, 0) is 17.1 Å². The van der Waals surface area contributed by atoms with Crippen LogP contribution in [0.15, 0.2) is 76.6 Å². The van der Waals surface area contributed by atoms with E-state index in [4.69, 9.17) is 13.9 Å². The minimum atomic E-state index is -0.534. The summed E-state index contributed by atoms with van der Waals surface area (Å²) in [5.74, 6) is 1.10. The molecule has 1 aliphatic heterocycles. The van der Waals surface area contributed by atoms with Crippen LogP contribution in [0.1, 0.15) is 23.0 Å². The minimum absolute atomic E-state index is 0.274. The van der Waals surface area contributed by atoms with Gasteiger partial charge in [-0.3, -0.25) is 4.98 Å². The number of halogens is 1. The van der Waals surface area contributed by atoms with Gasteiger partial charge in [0.05, 0.1) is 12.2 Å². The topological polar surface area (TPSA) is 70.3 Å². The molecule has 1 atom stereocenters. The second-order valence-electron chi connectivity index (χ2n) is 6.63. The highest BCUT2D eigenvalue weighted by Gasteiger charge is 2.25. The molecule has 2 aromatic carbocycles. The Bertz CT molecular complexity index is 1160. The molecule has 6 nitrogen and oxygen atoms in total. The summed E-state index contributed by atoms with van der Waals surface area (Å²) >= 11 is 1.32. The summed E-state index contributed by atoms with van der Waals surface area (Å²) in [5, 5.41) is 8.50. The monoisotopic (exact) mass is 421 g/mol. The van der Waals surface area contributed by atoms with Crippen molar-refractivity contribution in [3.05, 3.63) is 89.5 Å². The smallest absolute Gasteiger partial charge is 0.277 e. The Morgan fingerprint density at radius 3 is 2.80 bits per heavy atom. The van der Waals surface area contributed by atoms with E-state index in [0.717, 1.165) is 11.1 Å². The Labute approximate surface area is 176 Å². The fourth-order valence-corrected chi connectivity index (χ4v) is 3.90. The van der Waals surface area contributed by atoms with Crippen LogP contribution >= 0.6 is 11.8 Å². The van der Waals surface area contributed by atoms with E-state index in [1.54, 1.807) is 18.5 Å². The largest absolute Gasteiger partial charge is 0.460 e. The Kier molecular flexibility index (Phi) is 5.17. The fourth-order valence-electron chi connectivity index (χ4n) is 3.17. The van der Waals surface area contributed by atoms with Crippen molar-refractivity contribution in [1.82, 2.24) is 15.2 Å². The molecule has 0 saturated carbocycles. The van der Waals surface area contributed by atoms with Gasteiger partial charge in [-0.25, -0.2) is 4.39 Å². The molecule has 0 N–H and O–H groups in total. The van der Waals surface area contributed by atoms with Gasteiger partial charge in [0.25, 0.3) is 5.22 Å². The molecule has 0 amide bonds. The van der Waals surface area contributed by atoms with Gasteiger partial charge < -0.3 is 13.9 Å². The molecule has 30 heavy (non-hydrogen) atoms. The van der Waals surface area contributed by atoms with E-state index in [0.29, 0.717) is 33.7 Å². The fraction of sp³-hybridized carbons (Fsp3) is 0.136. The number of benzene rings is 2. The van der Waals surface area contributed by atoms with Gasteiger partial charge in [0.15, 0.2) is 0 Å². The van der Waals surface area contributed by atoms with Crippen molar-refractivity contribution < 1.29 is 18.3 Å². The van der Waals surface area contributed by atoms with Gasteiger partial charge in [0, 0.05) is 34.8 Å². The number of nitrogens with zero attached hydrogens (tertiary/aromatic N) is 3. The normalized spacial score (nSPS) is 15.4. The Hall–Kier alpha value is -3.23. The van der Waals surface area contributed by atoms with Gasteiger partial charge >= 0.3 is 0 Å². The molecule has 1 aliphatic rings. The number of hydrogen-bond acceptors (Lipinski definition) is 7. The molecule has 0 radical (unpaired) electrons. The summed E-state index contributed by atoms with van der Waals surface area (Å²) in [7, 11) is 0. The van der Waals surface area contributed by atoms with Crippen LogP contribution in [0.5, 0.6) is 5.75 Å². The first-order valence-electron chi connectivity index (χ1n) is 9.27. The molecule has 5 rings (SSSR count). The third-order valence-corrected chi connectivity index (χ3v) is 5.43. The van der Waals surface area contributed by atoms with Crippen LogP contribution in [-0.4, -0.2) is 15.2 Å².